The summed E-state index contributed by atoms with van der Waals surface area (Å²) in [5.41, 5.74) is 0.465. The molecule has 1 aromatic carbocycles. The lowest BCUT2D eigenvalue weighted by molar-refractivity contribution is 0.102. The first-order chi connectivity index (χ1) is 12.5. The van der Waals surface area contributed by atoms with E-state index >= 15 is 0 Å². The molecule has 0 aliphatic carbocycles. The first kappa shape index (κ1) is 18.9. The predicted octanol–water partition coefficient (Wildman–Crippen LogP) is 1.55. The highest BCUT2D eigenvalue weighted by Gasteiger charge is 2.21. The number of rotatable bonds is 8. The number of amides is 1. The molecule has 0 radical (unpaired) electrons. The SMILES string of the molecule is O=C(Nc1nnc(S(=O)(=O)NCCCN2CCCC2)s1)c1ccccc1. The summed E-state index contributed by atoms with van der Waals surface area (Å²) in [7, 11) is -3.71. The van der Waals surface area contributed by atoms with Gasteiger partial charge in [0.25, 0.3) is 15.9 Å². The second kappa shape index (κ2) is 8.67. The first-order valence-electron chi connectivity index (χ1n) is 8.46. The van der Waals surface area contributed by atoms with Crippen molar-refractivity contribution < 1.29 is 13.2 Å². The number of hydrogen-bond acceptors (Lipinski definition) is 7. The van der Waals surface area contributed by atoms with E-state index in [-0.39, 0.29) is 15.4 Å². The summed E-state index contributed by atoms with van der Waals surface area (Å²) >= 11 is 0.831. The Labute approximate surface area is 156 Å². The van der Waals surface area contributed by atoms with Crippen LogP contribution in [0.4, 0.5) is 5.13 Å². The van der Waals surface area contributed by atoms with Crippen LogP contribution in [0.25, 0.3) is 0 Å². The highest BCUT2D eigenvalue weighted by molar-refractivity contribution is 7.91. The minimum Gasteiger partial charge on any atom is -0.303 e. The normalized spacial score (nSPS) is 15.2. The first-order valence-corrected chi connectivity index (χ1v) is 10.8. The third-order valence-electron chi connectivity index (χ3n) is 4.03. The Balaban J connectivity index is 1.51. The molecule has 0 bridgehead atoms. The Morgan fingerprint density at radius 1 is 1.15 bits per heavy atom. The van der Waals surface area contributed by atoms with Gasteiger partial charge < -0.3 is 4.90 Å². The molecule has 2 aromatic rings. The lowest BCUT2D eigenvalue weighted by atomic mass is 10.2. The van der Waals surface area contributed by atoms with Crippen molar-refractivity contribution in [2.75, 3.05) is 31.5 Å². The number of nitrogens with zero attached hydrogens (tertiary/aromatic N) is 3. The average molecular weight is 396 g/mol. The molecular weight excluding hydrogens is 374 g/mol. The third-order valence-corrected chi connectivity index (χ3v) is 6.70. The van der Waals surface area contributed by atoms with Crippen molar-refractivity contribution in [2.45, 2.75) is 23.6 Å². The van der Waals surface area contributed by atoms with Gasteiger partial charge in [0.2, 0.25) is 9.47 Å². The van der Waals surface area contributed by atoms with Crippen LogP contribution in [0.2, 0.25) is 0 Å². The summed E-state index contributed by atoms with van der Waals surface area (Å²) in [5.74, 6) is -0.357. The summed E-state index contributed by atoms with van der Waals surface area (Å²) in [6.07, 6.45) is 3.18. The Morgan fingerprint density at radius 2 is 1.88 bits per heavy atom. The number of sulfonamides is 1. The van der Waals surface area contributed by atoms with E-state index in [0.29, 0.717) is 12.1 Å². The fraction of sp³-hybridized carbons (Fsp3) is 0.438. The number of anilines is 1. The van der Waals surface area contributed by atoms with E-state index < -0.39 is 10.0 Å². The molecule has 1 aromatic heterocycles. The number of nitrogens with one attached hydrogen (secondary N) is 2. The Hall–Kier alpha value is -1.88. The van der Waals surface area contributed by atoms with Crippen molar-refractivity contribution in [2.24, 2.45) is 0 Å². The Kier molecular flexibility index (Phi) is 6.30. The molecule has 1 amide bonds. The van der Waals surface area contributed by atoms with Gasteiger partial charge in [-0.1, -0.05) is 29.5 Å². The molecule has 10 heteroatoms. The highest BCUT2D eigenvalue weighted by atomic mass is 32.2. The number of hydrogen-bond donors (Lipinski definition) is 2. The van der Waals surface area contributed by atoms with Crippen LogP contribution in [0.15, 0.2) is 34.7 Å². The van der Waals surface area contributed by atoms with Crippen molar-refractivity contribution in [1.82, 2.24) is 19.8 Å². The van der Waals surface area contributed by atoms with E-state index in [1.54, 1.807) is 24.3 Å². The topological polar surface area (TPSA) is 104 Å². The molecule has 8 nitrogen and oxygen atoms in total. The molecule has 3 rings (SSSR count). The summed E-state index contributed by atoms with van der Waals surface area (Å²) in [6, 6.07) is 8.63. The fourth-order valence-electron chi connectivity index (χ4n) is 2.70. The molecule has 2 N–H and O–H groups in total. The van der Waals surface area contributed by atoms with Crippen LogP contribution in [0.1, 0.15) is 29.6 Å². The number of benzene rings is 1. The largest absolute Gasteiger partial charge is 0.303 e. The smallest absolute Gasteiger partial charge is 0.269 e. The van der Waals surface area contributed by atoms with Crippen LogP contribution in [0.5, 0.6) is 0 Å². The van der Waals surface area contributed by atoms with Gasteiger partial charge >= 0.3 is 0 Å². The molecule has 1 fully saturated rings. The van der Waals surface area contributed by atoms with E-state index in [4.69, 9.17) is 0 Å². The van der Waals surface area contributed by atoms with Crippen LogP contribution >= 0.6 is 11.3 Å². The molecule has 1 saturated heterocycles. The van der Waals surface area contributed by atoms with Gasteiger partial charge in [0.15, 0.2) is 0 Å². The monoisotopic (exact) mass is 395 g/mol. The standard InChI is InChI=1S/C16H21N5O3S2/c22-14(13-7-2-1-3-8-13)18-15-19-20-16(25-15)26(23,24)17-9-6-12-21-10-4-5-11-21/h1-3,7-8,17H,4-6,9-12H2,(H,18,19,22). The molecule has 0 saturated carbocycles. The van der Waals surface area contributed by atoms with Crippen LogP contribution in [0, 0.1) is 0 Å². The summed E-state index contributed by atoms with van der Waals surface area (Å²) in [6.45, 7) is 3.42. The lowest BCUT2D eigenvalue weighted by Gasteiger charge is -2.13. The van der Waals surface area contributed by atoms with Gasteiger partial charge in [0, 0.05) is 12.1 Å². The van der Waals surface area contributed by atoms with Crippen molar-refractivity contribution in [3.63, 3.8) is 0 Å². The Morgan fingerprint density at radius 3 is 2.62 bits per heavy atom. The van der Waals surface area contributed by atoms with Gasteiger partial charge in [-0.15, -0.1) is 10.2 Å². The minimum absolute atomic E-state index is 0.149. The number of likely N-dealkylation sites (tertiary alicyclic amines) is 1. The molecular formula is C16H21N5O3S2. The number of carbonyl (C=O) groups excluding carboxylic acids is 1. The average Bonchev–Trinajstić information content (AvgIpc) is 3.32. The van der Waals surface area contributed by atoms with Gasteiger partial charge in [0.1, 0.15) is 0 Å². The Bertz CT molecular complexity index is 833. The maximum absolute atomic E-state index is 12.3. The predicted molar refractivity (Wildman–Crippen MR) is 99.8 cm³/mol. The van der Waals surface area contributed by atoms with Crippen molar-refractivity contribution in [3.8, 4) is 0 Å². The van der Waals surface area contributed by atoms with E-state index in [9.17, 15) is 13.2 Å². The van der Waals surface area contributed by atoms with Gasteiger partial charge in [0.05, 0.1) is 0 Å². The van der Waals surface area contributed by atoms with E-state index in [1.807, 2.05) is 6.07 Å². The molecule has 1 aliphatic rings. The van der Waals surface area contributed by atoms with Gasteiger partial charge in [-0.25, -0.2) is 13.1 Å². The van der Waals surface area contributed by atoms with Crippen LogP contribution in [-0.4, -0.2) is 55.6 Å². The minimum atomic E-state index is -3.71. The van der Waals surface area contributed by atoms with Crippen molar-refractivity contribution in [1.29, 1.82) is 0 Å². The third kappa shape index (κ3) is 5.07. The zero-order valence-corrected chi connectivity index (χ0v) is 15.9. The van der Waals surface area contributed by atoms with E-state index in [2.05, 4.69) is 25.1 Å². The van der Waals surface area contributed by atoms with E-state index in [0.717, 1.165) is 37.4 Å². The van der Waals surface area contributed by atoms with Crippen LogP contribution in [-0.2, 0) is 10.0 Å². The molecule has 1 aliphatic heterocycles. The fourth-order valence-corrected chi connectivity index (χ4v) is 4.71. The molecule has 0 atom stereocenters. The number of aromatic nitrogens is 2. The maximum atomic E-state index is 12.3. The van der Waals surface area contributed by atoms with Gasteiger partial charge in [-0.05, 0) is 51.0 Å². The zero-order valence-electron chi connectivity index (χ0n) is 14.2. The number of carbonyl (C=O) groups is 1. The molecule has 26 heavy (non-hydrogen) atoms. The quantitative estimate of drug-likeness (QED) is 0.519. The second-order valence-electron chi connectivity index (χ2n) is 5.99. The molecule has 140 valence electrons. The lowest BCUT2D eigenvalue weighted by Crippen LogP contribution is -2.28. The van der Waals surface area contributed by atoms with Gasteiger partial charge in [-0.2, -0.15) is 0 Å². The highest BCUT2D eigenvalue weighted by Crippen LogP contribution is 2.20. The maximum Gasteiger partial charge on any atom is 0.269 e. The zero-order chi connectivity index (χ0) is 18.4. The summed E-state index contributed by atoms with van der Waals surface area (Å²) in [4.78, 5) is 14.4. The van der Waals surface area contributed by atoms with Crippen molar-refractivity contribution >= 4 is 32.4 Å². The second-order valence-corrected chi connectivity index (χ2v) is 8.91. The van der Waals surface area contributed by atoms with Crippen LogP contribution < -0.4 is 10.0 Å². The van der Waals surface area contributed by atoms with E-state index in [1.165, 1.54) is 12.8 Å². The molecule has 0 spiro atoms. The van der Waals surface area contributed by atoms with Crippen LogP contribution in [0.3, 0.4) is 0 Å². The summed E-state index contributed by atoms with van der Waals surface area (Å²) < 4.78 is 26.9. The molecule has 0 unspecified atom stereocenters. The van der Waals surface area contributed by atoms with Gasteiger partial charge in [-0.3, -0.25) is 10.1 Å². The van der Waals surface area contributed by atoms with Crippen molar-refractivity contribution in [3.05, 3.63) is 35.9 Å². The molecule has 2 heterocycles. The summed E-state index contributed by atoms with van der Waals surface area (Å²) in [5, 5.41) is 10.1.